The zero-order valence-electron chi connectivity index (χ0n) is 5.52. The van der Waals surface area contributed by atoms with Crippen molar-refractivity contribution in [2.45, 2.75) is 17.7 Å². The molecule has 5 heteroatoms. The van der Waals surface area contributed by atoms with Gasteiger partial charge < -0.3 is 0 Å². The minimum absolute atomic E-state index is 0.0428. The molecule has 3 atom stereocenters. The number of fused-ring (bicyclic) bond motifs is 1. The molecule has 2 aliphatic heterocycles. The third kappa shape index (κ3) is 1.02. The van der Waals surface area contributed by atoms with Crippen LogP contribution in [0, 0.1) is 0 Å². The number of rotatable bonds is 0. The average molecular weight is 163 g/mol. The highest BCUT2D eigenvalue weighted by Crippen LogP contribution is 2.09. The third-order valence-corrected chi connectivity index (χ3v) is 2.38. The van der Waals surface area contributed by atoms with Crippen LogP contribution < -0.4 is 21.3 Å². The fourth-order valence-electron chi connectivity index (χ4n) is 1.40. The first-order valence-electron chi connectivity index (χ1n) is 3.45. The van der Waals surface area contributed by atoms with Crippen molar-refractivity contribution < 1.29 is 0 Å². The standard InChI is InChI=1S/C5H11ClN4/c6-4-3-5(9-1-7-3)10-2-8-4/h3-5,7-10H,1-2H2. The van der Waals surface area contributed by atoms with Crippen LogP contribution in [0.1, 0.15) is 0 Å². The van der Waals surface area contributed by atoms with Crippen LogP contribution in [0.5, 0.6) is 0 Å². The van der Waals surface area contributed by atoms with Crippen LogP contribution in [0.15, 0.2) is 0 Å². The summed E-state index contributed by atoms with van der Waals surface area (Å²) in [4.78, 5) is 0. The topological polar surface area (TPSA) is 48.1 Å². The minimum atomic E-state index is 0.0428. The van der Waals surface area contributed by atoms with E-state index in [2.05, 4.69) is 21.3 Å². The zero-order valence-corrected chi connectivity index (χ0v) is 6.28. The Kier molecular flexibility index (Phi) is 1.80. The second-order valence-electron chi connectivity index (χ2n) is 2.58. The van der Waals surface area contributed by atoms with Crippen LogP contribution in [0.3, 0.4) is 0 Å². The van der Waals surface area contributed by atoms with Gasteiger partial charge >= 0.3 is 0 Å². The predicted octanol–water partition coefficient (Wildman–Crippen LogP) is -1.45. The van der Waals surface area contributed by atoms with Crippen LogP contribution >= 0.6 is 11.6 Å². The summed E-state index contributed by atoms with van der Waals surface area (Å²) in [5.41, 5.74) is 0.0428. The van der Waals surface area contributed by atoms with E-state index in [1.807, 2.05) is 0 Å². The lowest BCUT2D eigenvalue weighted by Gasteiger charge is -2.31. The molecular weight excluding hydrogens is 152 g/mol. The summed E-state index contributed by atoms with van der Waals surface area (Å²) in [7, 11) is 0. The molecule has 2 saturated heterocycles. The van der Waals surface area contributed by atoms with E-state index in [0.717, 1.165) is 13.3 Å². The van der Waals surface area contributed by atoms with Gasteiger partial charge in [0.1, 0.15) is 5.50 Å². The van der Waals surface area contributed by atoms with Crippen molar-refractivity contribution in [1.29, 1.82) is 0 Å². The summed E-state index contributed by atoms with van der Waals surface area (Å²) < 4.78 is 0. The van der Waals surface area contributed by atoms with E-state index < -0.39 is 0 Å². The van der Waals surface area contributed by atoms with Gasteiger partial charge in [-0.05, 0) is 0 Å². The number of halogens is 1. The van der Waals surface area contributed by atoms with E-state index in [9.17, 15) is 0 Å². The van der Waals surface area contributed by atoms with Gasteiger partial charge in [-0.3, -0.25) is 21.3 Å². The molecule has 3 unspecified atom stereocenters. The fourth-order valence-corrected chi connectivity index (χ4v) is 1.71. The van der Waals surface area contributed by atoms with Crippen LogP contribution in [0.25, 0.3) is 0 Å². The van der Waals surface area contributed by atoms with Crippen LogP contribution in [0.4, 0.5) is 0 Å². The SMILES string of the molecule is ClC1NCNC2NCNC12. The van der Waals surface area contributed by atoms with Crippen molar-refractivity contribution in [3.63, 3.8) is 0 Å². The molecule has 10 heavy (non-hydrogen) atoms. The van der Waals surface area contributed by atoms with Gasteiger partial charge in [0, 0.05) is 13.3 Å². The second-order valence-corrected chi connectivity index (χ2v) is 3.05. The average Bonchev–Trinajstić information content (AvgIpc) is 2.36. The predicted molar refractivity (Wildman–Crippen MR) is 39.5 cm³/mol. The quantitative estimate of drug-likeness (QED) is 0.260. The number of hydrogen-bond donors (Lipinski definition) is 4. The van der Waals surface area contributed by atoms with Gasteiger partial charge in [-0.25, -0.2) is 0 Å². The molecule has 0 aliphatic carbocycles. The fraction of sp³-hybridized carbons (Fsp3) is 1.00. The lowest BCUT2D eigenvalue weighted by Crippen LogP contribution is -2.61. The Morgan fingerprint density at radius 2 is 1.70 bits per heavy atom. The maximum Gasteiger partial charge on any atom is 0.102 e. The highest BCUT2D eigenvalue weighted by Gasteiger charge is 2.34. The highest BCUT2D eigenvalue weighted by molar-refractivity contribution is 6.20. The summed E-state index contributed by atoms with van der Waals surface area (Å²) in [5.74, 6) is 0. The molecule has 0 aromatic carbocycles. The molecule has 0 aromatic heterocycles. The molecule has 2 fully saturated rings. The molecule has 0 amide bonds. The van der Waals surface area contributed by atoms with Gasteiger partial charge in [-0.15, -0.1) is 11.6 Å². The van der Waals surface area contributed by atoms with Gasteiger partial charge in [0.15, 0.2) is 0 Å². The Hall–Kier alpha value is 0.130. The molecule has 4 N–H and O–H groups in total. The van der Waals surface area contributed by atoms with Gasteiger partial charge in [0.05, 0.1) is 12.2 Å². The molecule has 4 nitrogen and oxygen atoms in total. The van der Waals surface area contributed by atoms with Crippen molar-refractivity contribution in [3.8, 4) is 0 Å². The minimum Gasteiger partial charge on any atom is -0.296 e. The van der Waals surface area contributed by atoms with Crippen LogP contribution in [-0.2, 0) is 0 Å². The van der Waals surface area contributed by atoms with Crippen molar-refractivity contribution >= 4 is 11.6 Å². The van der Waals surface area contributed by atoms with Crippen molar-refractivity contribution in [2.75, 3.05) is 13.3 Å². The molecule has 0 saturated carbocycles. The van der Waals surface area contributed by atoms with Gasteiger partial charge in [0.25, 0.3) is 0 Å². The summed E-state index contributed by atoms with van der Waals surface area (Å²) in [6.45, 7) is 1.62. The first kappa shape index (κ1) is 6.82. The maximum atomic E-state index is 5.96. The molecule has 0 spiro atoms. The maximum absolute atomic E-state index is 5.96. The Morgan fingerprint density at radius 1 is 1.00 bits per heavy atom. The normalized spacial score (nSPS) is 47.1. The first-order valence-corrected chi connectivity index (χ1v) is 3.89. The third-order valence-electron chi connectivity index (χ3n) is 1.95. The number of alkyl halides is 1. The molecule has 2 heterocycles. The second kappa shape index (κ2) is 2.64. The van der Waals surface area contributed by atoms with E-state index >= 15 is 0 Å². The van der Waals surface area contributed by atoms with Crippen LogP contribution in [0.2, 0.25) is 0 Å². The Labute approximate surface area is 64.7 Å². The monoisotopic (exact) mass is 162 g/mol. The highest BCUT2D eigenvalue weighted by atomic mass is 35.5. The number of nitrogens with one attached hydrogen (secondary N) is 4. The lowest BCUT2D eigenvalue weighted by atomic mass is 10.2. The smallest absolute Gasteiger partial charge is 0.102 e. The van der Waals surface area contributed by atoms with Crippen LogP contribution in [-0.4, -0.2) is 31.0 Å². The van der Waals surface area contributed by atoms with E-state index in [1.165, 1.54) is 0 Å². The Bertz CT molecular complexity index is 131. The Morgan fingerprint density at radius 3 is 2.40 bits per heavy atom. The van der Waals surface area contributed by atoms with E-state index in [-0.39, 0.29) is 5.50 Å². The molecule has 0 bridgehead atoms. The summed E-state index contributed by atoms with van der Waals surface area (Å²) in [6, 6.07) is 0.315. The molecule has 0 aromatic rings. The first-order chi connectivity index (χ1) is 4.88. The molecule has 0 radical (unpaired) electrons. The Balaban J connectivity index is 2.03. The summed E-state index contributed by atoms with van der Waals surface area (Å²) >= 11 is 5.96. The van der Waals surface area contributed by atoms with Gasteiger partial charge in [-0.2, -0.15) is 0 Å². The van der Waals surface area contributed by atoms with E-state index in [1.54, 1.807) is 0 Å². The van der Waals surface area contributed by atoms with Gasteiger partial charge in [-0.1, -0.05) is 0 Å². The zero-order chi connectivity index (χ0) is 6.97. The molecule has 2 aliphatic rings. The number of hydrogen-bond acceptors (Lipinski definition) is 4. The van der Waals surface area contributed by atoms with Crippen molar-refractivity contribution in [2.24, 2.45) is 0 Å². The van der Waals surface area contributed by atoms with Gasteiger partial charge in [0.2, 0.25) is 0 Å². The van der Waals surface area contributed by atoms with Crippen molar-refractivity contribution in [3.05, 3.63) is 0 Å². The molecule has 58 valence electrons. The van der Waals surface area contributed by atoms with E-state index in [4.69, 9.17) is 11.6 Å². The summed E-state index contributed by atoms with van der Waals surface area (Å²) in [5, 5.41) is 12.8. The molecule has 2 rings (SSSR count). The van der Waals surface area contributed by atoms with E-state index in [0.29, 0.717) is 12.2 Å². The van der Waals surface area contributed by atoms with Crippen molar-refractivity contribution in [1.82, 2.24) is 21.3 Å². The largest absolute Gasteiger partial charge is 0.296 e. The molecular formula is C5H11ClN4. The summed E-state index contributed by atoms with van der Waals surface area (Å²) in [6.07, 6.45) is 0.337. The lowest BCUT2D eigenvalue weighted by molar-refractivity contribution is 0.318.